The number of ether oxygens (including phenoxy) is 7. The number of hydrogen-bond acceptors (Lipinski definition) is 12. The number of nitrogens with zero attached hydrogens (tertiary/aromatic N) is 4. The number of nitro groups is 1. The number of methoxy groups -OCH3 is 3. The van der Waals surface area contributed by atoms with E-state index in [1.165, 1.54) is 19.2 Å². The second kappa shape index (κ2) is 11.2. The van der Waals surface area contributed by atoms with Crippen molar-refractivity contribution in [3.63, 3.8) is 0 Å². The Balaban J connectivity index is 1.30. The zero-order chi connectivity index (χ0) is 31.2. The van der Waals surface area contributed by atoms with Gasteiger partial charge in [-0.25, -0.2) is 4.68 Å². The van der Waals surface area contributed by atoms with Gasteiger partial charge >= 0.3 is 5.97 Å². The summed E-state index contributed by atoms with van der Waals surface area (Å²) in [5.74, 6) is 1.17. The van der Waals surface area contributed by atoms with Crippen LogP contribution in [0, 0.1) is 22.0 Å². The quantitative estimate of drug-likeness (QED) is 0.151. The van der Waals surface area contributed by atoms with E-state index >= 15 is 0 Å². The van der Waals surface area contributed by atoms with Crippen molar-refractivity contribution < 1.29 is 42.9 Å². The standard InChI is InChI=1S/C31H28N4O10/c1-39-25-7-16(8-26(40-2)30(25)41-3)27-20-10-23-24(45-15-44-23)11-21(20)29(22-14-43-31(36)28(22)27)34-12-17(32-33-34)13-42-19-6-4-5-18(9-19)35(37)38/h4-12,22,27-29H,13-15H2,1-3H3/t22-,27+,28-,29+/m0/s1. The van der Waals surface area contributed by atoms with Crippen LogP contribution in [0.4, 0.5) is 5.69 Å². The van der Waals surface area contributed by atoms with Gasteiger partial charge in [0, 0.05) is 17.9 Å². The van der Waals surface area contributed by atoms with Crippen LogP contribution in [-0.2, 0) is 16.1 Å². The van der Waals surface area contributed by atoms with E-state index in [2.05, 4.69) is 10.3 Å². The molecular weight excluding hydrogens is 588 g/mol. The molecule has 3 aromatic carbocycles. The van der Waals surface area contributed by atoms with Crippen molar-refractivity contribution in [2.24, 2.45) is 11.8 Å². The smallest absolute Gasteiger partial charge is 0.310 e. The fourth-order valence-electron chi connectivity index (χ4n) is 6.51. The van der Waals surface area contributed by atoms with E-state index in [1.54, 1.807) is 37.2 Å². The van der Waals surface area contributed by atoms with Gasteiger partial charge in [0.05, 0.1) is 57.1 Å². The summed E-state index contributed by atoms with van der Waals surface area (Å²) in [5, 5.41) is 19.9. The zero-order valence-corrected chi connectivity index (χ0v) is 24.5. The molecule has 0 N–H and O–H groups in total. The Morgan fingerprint density at radius 2 is 1.71 bits per heavy atom. The maximum Gasteiger partial charge on any atom is 0.310 e. The third-order valence-electron chi connectivity index (χ3n) is 8.45. The van der Waals surface area contributed by atoms with Crippen molar-refractivity contribution in [3.05, 3.63) is 87.2 Å². The number of carbonyl (C=O) groups excluding carboxylic acids is 1. The minimum atomic E-state index is -0.584. The summed E-state index contributed by atoms with van der Waals surface area (Å²) in [5.41, 5.74) is 2.91. The number of fused-ring (bicyclic) bond motifs is 3. The Hall–Kier alpha value is -5.53. The predicted octanol–water partition coefficient (Wildman–Crippen LogP) is 4.04. The summed E-state index contributed by atoms with van der Waals surface area (Å²) in [6, 6.07) is 13.0. The van der Waals surface area contributed by atoms with Gasteiger partial charge in [0.2, 0.25) is 12.5 Å². The fraction of sp³-hybridized carbons (Fsp3) is 0.323. The number of benzene rings is 3. The molecule has 0 radical (unpaired) electrons. The number of cyclic esters (lactones) is 1. The summed E-state index contributed by atoms with van der Waals surface area (Å²) in [4.78, 5) is 24.2. The molecule has 14 heteroatoms. The summed E-state index contributed by atoms with van der Waals surface area (Å²) >= 11 is 0. The molecule has 1 saturated heterocycles. The Morgan fingerprint density at radius 3 is 2.40 bits per heavy atom. The minimum absolute atomic E-state index is 0.0273. The largest absolute Gasteiger partial charge is 0.493 e. The normalized spacial score (nSPS) is 21.0. The first-order valence-electron chi connectivity index (χ1n) is 14.1. The maximum atomic E-state index is 13.5. The van der Waals surface area contributed by atoms with E-state index in [4.69, 9.17) is 33.2 Å². The van der Waals surface area contributed by atoms with Crippen LogP contribution in [-0.4, -0.2) is 60.6 Å². The summed E-state index contributed by atoms with van der Waals surface area (Å²) in [6.07, 6.45) is 1.75. The zero-order valence-electron chi connectivity index (χ0n) is 24.5. The number of aromatic nitrogens is 3. The molecule has 1 fully saturated rings. The first-order chi connectivity index (χ1) is 21.9. The Bertz CT molecular complexity index is 1780. The second-order valence-corrected chi connectivity index (χ2v) is 10.8. The third kappa shape index (κ3) is 4.78. The van der Waals surface area contributed by atoms with Crippen LogP contribution in [0.2, 0.25) is 0 Å². The summed E-state index contributed by atoms with van der Waals surface area (Å²) < 4.78 is 41.5. The molecular formula is C31H28N4O10. The molecule has 14 nitrogen and oxygen atoms in total. The lowest BCUT2D eigenvalue weighted by Crippen LogP contribution is -2.37. The van der Waals surface area contributed by atoms with Crippen LogP contribution < -0.4 is 28.4 Å². The molecule has 4 atom stereocenters. The lowest BCUT2D eigenvalue weighted by Gasteiger charge is -2.39. The van der Waals surface area contributed by atoms with Gasteiger partial charge in [0.25, 0.3) is 5.69 Å². The highest BCUT2D eigenvalue weighted by Gasteiger charge is 2.53. The van der Waals surface area contributed by atoms with E-state index in [0.717, 1.165) is 16.7 Å². The average molecular weight is 617 g/mol. The SMILES string of the molecule is COc1cc([C@@H]2c3cc4c(cc3[C@@H](n3cc(COc5cccc([N+](=O)[O-])c5)nn3)[C@H]3COC(=O)[C@H]23)OCO4)cc(OC)c1OC. The van der Waals surface area contributed by atoms with Crippen LogP contribution in [0.5, 0.6) is 34.5 Å². The molecule has 2 aliphatic heterocycles. The number of hydrogen-bond donors (Lipinski definition) is 0. The van der Waals surface area contributed by atoms with E-state index in [0.29, 0.717) is 40.2 Å². The third-order valence-corrected chi connectivity index (χ3v) is 8.45. The molecule has 0 amide bonds. The first kappa shape index (κ1) is 28.3. The van der Waals surface area contributed by atoms with Crippen LogP contribution in [0.1, 0.15) is 34.3 Å². The molecule has 1 aliphatic carbocycles. The van der Waals surface area contributed by atoms with Gasteiger partial charge < -0.3 is 33.2 Å². The van der Waals surface area contributed by atoms with Gasteiger partial charge in [-0.15, -0.1) is 5.10 Å². The number of rotatable bonds is 9. The van der Waals surface area contributed by atoms with Gasteiger partial charge in [-0.05, 0) is 47.0 Å². The Kier molecular flexibility index (Phi) is 7.03. The van der Waals surface area contributed by atoms with Crippen LogP contribution in [0.25, 0.3) is 0 Å². The summed E-state index contributed by atoms with van der Waals surface area (Å²) in [6.45, 7) is 0.275. The molecule has 3 heterocycles. The van der Waals surface area contributed by atoms with E-state index in [9.17, 15) is 14.9 Å². The van der Waals surface area contributed by atoms with Gasteiger partial charge in [-0.2, -0.15) is 0 Å². The molecule has 45 heavy (non-hydrogen) atoms. The van der Waals surface area contributed by atoms with Crippen molar-refractivity contribution in [2.45, 2.75) is 18.6 Å². The van der Waals surface area contributed by atoms with Crippen molar-refractivity contribution in [1.82, 2.24) is 15.0 Å². The predicted molar refractivity (Wildman–Crippen MR) is 154 cm³/mol. The first-order valence-corrected chi connectivity index (χ1v) is 14.1. The van der Waals surface area contributed by atoms with Crippen molar-refractivity contribution in [2.75, 3.05) is 34.7 Å². The molecule has 4 aromatic rings. The van der Waals surface area contributed by atoms with Crippen molar-refractivity contribution in [3.8, 4) is 34.5 Å². The van der Waals surface area contributed by atoms with Crippen molar-refractivity contribution >= 4 is 11.7 Å². The lowest BCUT2D eigenvalue weighted by molar-refractivity contribution is -0.384. The molecule has 7 rings (SSSR count). The molecule has 1 aromatic heterocycles. The molecule has 3 aliphatic rings. The van der Waals surface area contributed by atoms with Gasteiger partial charge in [0.1, 0.15) is 18.1 Å². The number of esters is 1. The van der Waals surface area contributed by atoms with E-state index < -0.39 is 22.8 Å². The van der Waals surface area contributed by atoms with E-state index in [-0.39, 0.29) is 37.6 Å². The topological polar surface area (TPSA) is 156 Å². The Morgan fingerprint density at radius 1 is 0.978 bits per heavy atom. The van der Waals surface area contributed by atoms with Crippen LogP contribution >= 0.6 is 0 Å². The monoisotopic (exact) mass is 616 g/mol. The number of non-ortho nitro benzene ring substituents is 1. The second-order valence-electron chi connectivity index (χ2n) is 10.8. The number of nitro benzene ring substituents is 1. The molecule has 0 spiro atoms. The van der Waals surface area contributed by atoms with Gasteiger partial charge in [-0.3, -0.25) is 14.9 Å². The highest BCUT2D eigenvalue weighted by molar-refractivity contribution is 5.79. The van der Waals surface area contributed by atoms with E-state index in [1.807, 2.05) is 24.3 Å². The molecule has 0 bridgehead atoms. The summed E-state index contributed by atoms with van der Waals surface area (Å²) in [7, 11) is 4.62. The van der Waals surface area contributed by atoms with Crippen LogP contribution in [0.3, 0.4) is 0 Å². The van der Waals surface area contributed by atoms with Crippen LogP contribution in [0.15, 0.2) is 54.7 Å². The minimum Gasteiger partial charge on any atom is -0.493 e. The molecule has 232 valence electrons. The highest BCUT2D eigenvalue weighted by Crippen LogP contribution is 2.56. The molecule has 0 saturated carbocycles. The van der Waals surface area contributed by atoms with Gasteiger partial charge in [0.15, 0.2) is 23.0 Å². The molecule has 0 unspecified atom stereocenters. The highest BCUT2D eigenvalue weighted by atomic mass is 16.7. The average Bonchev–Trinajstić information content (AvgIpc) is 3.81. The van der Waals surface area contributed by atoms with Crippen molar-refractivity contribution in [1.29, 1.82) is 0 Å². The maximum absolute atomic E-state index is 13.5. The fourth-order valence-corrected chi connectivity index (χ4v) is 6.51. The number of carbonyl (C=O) groups is 1. The van der Waals surface area contributed by atoms with Gasteiger partial charge in [-0.1, -0.05) is 11.3 Å². The Labute approximate surface area is 256 Å². The lowest BCUT2D eigenvalue weighted by atomic mass is 9.65.